The van der Waals surface area contributed by atoms with Crippen LogP contribution in [0.5, 0.6) is 5.75 Å². The Morgan fingerprint density at radius 2 is 2.11 bits per heavy atom. The van der Waals surface area contributed by atoms with E-state index >= 15 is 0 Å². The van der Waals surface area contributed by atoms with Crippen LogP contribution in [0.3, 0.4) is 0 Å². The molecule has 2 rings (SSSR count). The monoisotopic (exact) mass is 322 g/mol. The smallest absolute Gasteiger partial charge is 0.138 e. The summed E-state index contributed by atoms with van der Waals surface area (Å²) in [4.78, 5) is 0. The highest BCUT2D eigenvalue weighted by Gasteiger charge is 2.34. The molecule has 0 aromatic heterocycles. The van der Waals surface area contributed by atoms with Crippen molar-refractivity contribution in [3.05, 3.63) is 27.7 Å². The highest BCUT2D eigenvalue weighted by molar-refractivity contribution is 6.35. The maximum atomic E-state index is 6.59. The molecule has 1 aromatic carbocycles. The zero-order valence-corrected chi connectivity index (χ0v) is 13.2. The maximum Gasteiger partial charge on any atom is 0.138 e. The van der Waals surface area contributed by atoms with Crippen LogP contribution in [-0.4, -0.2) is 19.8 Å². The van der Waals surface area contributed by atoms with E-state index in [0.29, 0.717) is 15.8 Å². The van der Waals surface area contributed by atoms with Gasteiger partial charge in [0.1, 0.15) is 5.75 Å². The van der Waals surface area contributed by atoms with Crippen LogP contribution >= 0.6 is 34.8 Å². The van der Waals surface area contributed by atoms with E-state index in [2.05, 4.69) is 6.92 Å². The Hall–Kier alpha value is -0.150. The van der Waals surface area contributed by atoms with E-state index < -0.39 is 0 Å². The number of alkyl halides is 1. The van der Waals surface area contributed by atoms with Crippen molar-refractivity contribution >= 4 is 34.8 Å². The van der Waals surface area contributed by atoms with Crippen molar-refractivity contribution in [1.82, 2.24) is 0 Å². The van der Waals surface area contributed by atoms with E-state index in [9.17, 15) is 0 Å². The van der Waals surface area contributed by atoms with Crippen LogP contribution in [0.4, 0.5) is 0 Å². The molecule has 1 fully saturated rings. The minimum Gasteiger partial charge on any atom is -0.495 e. The molecule has 106 valence electrons. The molecule has 1 saturated heterocycles. The van der Waals surface area contributed by atoms with Gasteiger partial charge in [0.25, 0.3) is 0 Å². The standard InChI is InChI=1S/C14H17Cl3O2/c1-3-12-8(4-5-19-12)14(17)9-6-11(16)13(18-2)7-10(9)15/h6-8,12,14H,3-5H2,1-2H3. The minimum atomic E-state index is -0.191. The molecule has 0 saturated carbocycles. The quantitative estimate of drug-likeness (QED) is 0.718. The largest absolute Gasteiger partial charge is 0.495 e. The third-order valence-corrected chi connectivity index (χ3v) is 4.79. The third-order valence-electron chi connectivity index (χ3n) is 3.61. The molecule has 0 N–H and O–H groups in total. The van der Waals surface area contributed by atoms with Crippen LogP contribution in [-0.2, 0) is 4.74 Å². The van der Waals surface area contributed by atoms with Gasteiger partial charge in [0.2, 0.25) is 0 Å². The summed E-state index contributed by atoms with van der Waals surface area (Å²) >= 11 is 19.0. The van der Waals surface area contributed by atoms with Gasteiger partial charge >= 0.3 is 0 Å². The average Bonchev–Trinajstić information content (AvgIpc) is 2.88. The van der Waals surface area contributed by atoms with Gasteiger partial charge in [-0.1, -0.05) is 30.1 Å². The summed E-state index contributed by atoms with van der Waals surface area (Å²) in [5.74, 6) is 0.836. The summed E-state index contributed by atoms with van der Waals surface area (Å²) in [5.41, 5.74) is 0.850. The molecule has 0 radical (unpaired) electrons. The second-order valence-corrected chi connectivity index (χ2v) is 5.96. The number of rotatable bonds is 4. The molecule has 1 aromatic rings. The Balaban J connectivity index is 2.28. The van der Waals surface area contributed by atoms with Gasteiger partial charge in [-0.15, -0.1) is 11.6 Å². The first-order chi connectivity index (χ1) is 9.08. The molecule has 19 heavy (non-hydrogen) atoms. The van der Waals surface area contributed by atoms with Crippen LogP contribution in [0, 0.1) is 5.92 Å². The highest BCUT2D eigenvalue weighted by atomic mass is 35.5. The molecule has 2 nitrogen and oxygen atoms in total. The molecule has 3 atom stereocenters. The van der Waals surface area contributed by atoms with Crippen molar-refractivity contribution in [1.29, 1.82) is 0 Å². The molecule has 0 amide bonds. The average molecular weight is 324 g/mol. The molecule has 5 heteroatoms. The predicted molar refractivity (Wildman–Crippen MR) is 79.7 cm³/mol. The first kappa shape index (κ1) is 15.2. The summed E-state index contributed by atoms with van der Waals surface area (Å²) in [5, 5.41) is 0.922. The van der Waals surface area contributed by atoms with Gasteiger partial charge in [0.15, 0.2) is 0 Å². The summed E-state index contributed by atoms with van der Waals surface area (Å²) in [6, 6.07) is 3.51. The predicted octanol–water partition coefficient (Wildman–Crippen LogP) is 5.10. The van der Waals surface area contributed by atoms with E-state index in [1.165, 1.54) is 0 Å². The Labute approximate surface area is 128 Å². The van der Waals surface area contributed by atoms with Gasteiger partial charge in [-0.25, -0.2) is 0 Å². The fourth-order valence-electron chi connectivity index (χ4n) is 2.56. The lowest BCUT2D eigenvalue weighted by Crippen LogP contribution is -2.19. The number of hydrogen-bond donors (Lipinski definition) is 0. The first-order valence-corrected chi connectivity index (χ1v) is 7.56. The summed E-state index contributed by atoms with van der Waals surface area (Å²) in [7, 11) is 1.56. The van der Waals surface area contributed by atoms with Gasteiger partial charge in [0, 0.05) is 23.6 Å². The lowest BCUT2D eigenvalue weighted by molar-refractivity contribution is 0.0864. The number of methoxy groups -OCH3 is 1. The molecular formula is C14H17Cl3O2. The molecule has 3 unspecified atom stereocenters. The van der Waals surface area contributed by atoms with Crippen molar-refractivity contribution in [2.24, 2.45) is 5.92 Å². The van der Waals surface area contributed by atoms with Crippen LogP contribution in [0.15, 0.2) is 12.1 Å². The van der Waals surface area contributed by atoms with Gasteiger partial charge in [-0.2, -0.15) is 0 Å². The zero-order chi connectivity index (χ0) is 14.0. The maximum absolute atomic E-state index is 6.59. The van der Waals surface area contributed by atoms with Crippen LogP contribution < -0.4 is 4.74 Å². The van der Waals surface area contributed by atoms with Crippen molar-refractivity contribution in [2.75, 3.05) is 13.7 Å². The van der Waals surface area contributed by atoms with E-state index in [4.69, 9.17) is 44.3 Å². The van der Waals surface area contributed by atoms with Gasteiger partial charge in [-0.05, 0) is 24.5 Å². The zero-order valence-electron chi connectivity index (χ0n) is 11.0. The highest BCUT2D eigenvalue weighted by Crippen LogP contribution is 2.44. The van der Waals surface area contributed by atoms with Crippen molar-refractivity contribution in [3.63, 3.8) is 0 Å². The Morgan fingerprint density at radius 3 is 2.74 bits per heavy atom. The van der Waals surface area contributed by atoms with Crippen molar-refractivity contribution < 1.29 is 9.47 Å². The molecule has 0 spiro atoms. The second-order valence-electron chi connectivity index (χ2n) is 4.68. The number of halogens is 3. The minimum absolute atomic E-state index is 0.191. The molecule has 1 aliphatic heterocycles. The number of benzene rings is 1. The number of hydrogen-bond acceptors (Lipinski definition) is 2. The van der Waals surface area contributed by atoms with Crippen molar-refractivity contribution in [3.8, 4) is 5.75 Å². The fourth-order valence-corrected chi connectivity index (χ4v) is 3.61. The topological polar surface area (TPSA) is 18.5 Å². The summed E-state index contributed by atoms with van der Waals surface area (Å²) < 4.78 is 10.8. The SMILES string of the molecule is CCC1OCCC1C(Cl)c1cc(Cl)c(OC)cc1Cl. The fraction of sp³-hybridized carbons (Fsp3) is 0.571. The Kier molecular flexibility index (Phi) is 5.24. The molecule has 1 heterocycles. The first-order valence-electron chi connectivity index (χ1n) is 6.37. The van der Waals surface area contributed by atoms with E-state index in [0.717, 1.165) is 25.0 Å². The summed E-state index contributed by atoms with van der Waals surface area (Å²) in [6.07, 6.45) is 2.10. The Bertz CT molecular complexity index is 451. The van der Waals surface area contributed by atoms with Crippen LogP contribution in [0.25, 0.3) is 0 Å². The molecule has 0 aliphatic carbocycles. The van der Waals surface area contributed by atoms with Gasteiger partial charge < -0.3 is 9.47 Å². The number of ether oxygens (including phenoxy) is 2. The third kappa shape index (κ3) is 3.13. The van der Waals surface area contributed by atoms with Crippen LogP contribution in [0.2, 0.25) is 10.0 Å². The van der Waals surface area contributed by atoms with E-state index in [-0.39, 0.29) is 17.4 Å². The van der Waals surface area contributed by atoms with E-state index in [1.807, 2.05) is 0 Å². The molecule has 1 aliphatic rings. The normalized spacial score (nSPS) is 24.5. The van der Waals surface area contributed by atoms with Crippen molar-refractivity contribution in [2.45, 2.75) is 31.2 Å². The summed E-state index contributed by atoms with van der Waals surface area (Å²) in [6.45, 7) is 2.86. The van der Waals surface area contributed by atoms with Gasteiger partial charge in [0.05, 0.1) is 23.6 Å². The van der Waals surface area contributed by atoms with Gasteiger partial charge in [-0.3, -0.25) is 0 Å². The van der Waals surface area contributed by atoms with Crippen LogP contribution in [0.1, 0.15) is 30.7 Å². The molecule has 0 bridgehead atoms. The van der Waals surface area contributed by atoms with E-state index in [1.54, 1.807) is 19.2 Å². The molecular weight excluding hydrogens is 307 g/mol. The lowest BCUT2D eigenvalue weighted by Gasteiger charge is -2.23. The lowest BCUT2D eigenvalue weighted by atomic mass is 9.91. The Morgan fingerprint density at radius 1 is 1.37 bits per heavy atom. The second kappa shape index (κ2) is 6.53.